The van der Waals surface area contributed by atoms with Crippen LogP contribution in [0.4, 0.5) is 0 Å². The van der Waals surface area contributed by atoms with Crippen molar-refractivity contribution in [3.8, 4) is 11.3 Å². The molecule has 3 heteroatoms. The maximum absolute atomic E-state index is 11.6. The highest BCUT2D eigenvalue weighted by molar-refractivity contribution is 6.31. The van der Waals surface area contributed by atoms with Crippen molar-refractivity contribution in [2.45, 2.75) is 26.8 Å². The smallest absolute Gasteiger partial charge is 0.159 e. The fourth-order valence-corrected chi connectivity index (χ4v) is 3.06. The number of fused-ring (bicyclic) bond motifs is 1. The van der Waals surface area contributed by atoms with Gasteiger partial charge in [0.05, 0.1) is 0 Å². The lowest BCUT2D eigenvalue weighted by molar-refractivity contribution is 0.101. The lowest BCUT2D eigenvalue weighted by Crippen LogP contribution is -2.03. The first-order valence-electron chi connectivity index (χ1n) is 7.39. The third-order valence-corrected chi connectivity index (χ3v) is 4.12. The van der Waals surface area contributed by atoms with Gasteiger partial charge in [-0.05, 0) is 56.7 Å². The lowest BCUT2D eigenvalue weighted by Gasteiger charge is -2.15. The number of hydrogen-bond acceptors (Lipinski definition) is 1. The molecule has 0 N–H and O–H groups in total. The zero-order chi connectivity index (χ0) is 15.9. The third-order valence-electron chi connectivity index (χ3n) is 3.88. The number of nitrogens with zero attached hydrogens (tertiary/aromatic N) is 1. The predicted molar refractivity (Wildman–Crippen MR) is 92.8 cm³/mol. The summed E-state index contributed by atoms with van der Waals surface area (Å²) in [4.78, 5) is 11.6. The van der Waals surface area contributed by atoms with Crippen LogP contribution in [0, 0.1) is 0 Å². The number of benzene rings is 2. The van der Waals surface area contributed by atoms with Crippen LogP contribution in [0.3, 0.4) is 0 Å². The quantitative estimate of drug-likeness (QED) is 0.565. The highest BCUT2D eigenvalue weighted by Gasteiger charge is 2.14. The highest BCUT2D eigenvalue weighted by atomic mass is 35.5. The van der Waals surface area contributed by atoms with Gasteiger partial charge < -0.3 is 4.57 Å². The zero-order valence-corrected chi connectivity index (χ0v) is 13.7. The summed E-state index contributed by atoms with van der Waals surface area (Å²) in [6, 6.07) is 16.2. The van der Waals surface area contributed by atoms with Crippen LogP contribution < -0.4 is 0 Å². The molecular weight excluding hydrogens is 294 g/mol. The topological polar surface area (TPSA) is 22.0 Å². The number of halogens is 1. The Morgan fingerprint density at radius 2 is 1.86 bits per heavy atom. The van der Waals surface area contributed by atoms with Gasteiger partial charge in [0.25, 0.3) is 0 Å². The molecule has 2 nitrogen and oxygen atoms in total. The van der Waals surface area contributed by atoms with Crippen LogP contribution in [0.5, 0.6) is 0 Å². The van der Waals surface area contributed by atoms with Gasteiger partial charge in [0.15, 0.2) is 5.78 Å². The van der Waals surface area contributed by atoms with Crippen LogP contribution in [-0.2, 0) is 0 Å². The molecule has 112 valence electrons. The van der Waals surface area contributed by atoms with Gasteiger partial charge in [-0.15, -0.1) is 0 Å². The van der Waals surface area contributed by atoms with E-state index in [-0.39, 0.29) is 5.78 Å². The minimum absolute atomic E-state index is 0.0807. The van der Waals surface area contributed by atoms with Gasteiger partial charge in [-0.1, -0.05) is 29.8 Å². The van der Waals surface area contributed by atoms with Gasteiger partial charge in [0.2, 0.25) is 0 Å². The largest absolute Gasteiger partial charge is 0.338 e. The number of carbonyl (C=O) groups is 1. The van der Waals surface area contributed by atoms with E-state index in [1.165, 1.54) is 0 Å². The number of aromatic nitrogens is 1. The van der Waals surface area contributed by atoms with Gasteiger partial charge in [-0.25, -0.2) is 0 Å². The van der Waals surface area contributed by atoms with Crippen LogP contribution in [-0.4, -0.2) is 10.4 Å². The molecular formula is C19H18ClNO. The molecule has 2 aromatic carbocycles. The Kier molecular flexibility index (Phi) is 3.79. The summed E-state index contributed by atoms with van der Waals surface area (Å²) in [5, 5.41) is 1.85. The molecule has 3 rings (SSSR count). The predicted octanol–water partition coefficient (Wildman–Crippen LogP) is 5.75. The van der Waals surface area contributed by atoms with Crippen LogP contribution in [0.2, 0.25) is 5.02 Å². The van der Waals surface area contributed by atoms with Crippen molar-refractivity contribution in [1.82, 2.24) is 4.57 Å². The second-order valence-corrected chi connectivity index (χ2v) is 6.27. The normalized spacial score (nSPS) is 11.3. The molecule has 0 aliphatic carbocycles. The van der Waals surface area contributed by atoms with E-state index in [0.717, 1.165) is 32.7 Å². The van der Waals surface area contributed by atoms with Crippen LogP contribution in [0.15, 0.2) is 48.5 Å². The molecule has 0 aliphatic rings. The Hall–Kier alpha value is -2.06. The van der Waals surface area contributed by atoms with Gasteiger partial charge in [-0.3, -0.25) is 4.79 Å². The van der Waals surface area contributed by atoms with Crippen molar-refractivity contribution in [2.24, 2.45) is 0 Å². The number of ketones is 1. The average molecular weight is 312 g/mol. The summed E-state index contributed by atoms with van der Waals surface area (Å²) in [6.45, 7) is 5.91. The van der Waals surface area contributed by atoms with Crippen molar-refractivity contribution in [3.63, 3.8) is 0 Å². The monoisotopic (exact) mass is 311 g/mol. The summed E-state index contributed by atoms with van der Waals surface area (Å²) in [6.07, 6.45) is 0. The van der Waals surface area contributed by atoms with E-state index in [1.807, 2.05) is 36.4 Å². The second-order valence-electron chi connectivity index (χ2n) is 5.83. The highest BCUT2D eigenvalue weighted by Crippen LogP contribution is 2.33. The third kappa shape index (κ3) is 2.55. The van der Waals surface area contributed by atoms with Crippen LogP contribution in [0.1, 0.15) is 37.2 Å². The van der Waals surface area contributed by atoms with Crippen molar-refractivity contribution in [2.75, 3.05) is 0 Å². The molecule has 0 amide bonds. The Morgan fingerprint density at radius 1 is 1.09 bits per heavy atom. The number of hydrogen-bond donors (Lipinski definition) is 0. The Labute approximate surface area is 135 Å². The summed E-state index contributed by atoms with van der Waals surface area (Å²) in [7, 11) is 0. The minimum Gasteiger partial charge on any atom is -0.338 e. The van der Waals surface area contributed by atoms with E-state index < -0.39 is 0 Å². The molecule has 1 heterocycles. The molecule has 0 saturated heterocycles. The molecule has 0 bridgehead atoms. The van der Waals surface area contributed by atoms with Gasteiger partial charge in [0.1, 0.15) is 0 Å². The van der Waals surface area contributed by atoms with E-state index in [4.69, 9.17) is 11.6 Å². The molecule has 22 heavy (non-hydrogen) atoms. The van der Waals surface area contributed by atoms with E-state index in [9.17, 15) is 4.79 Å². The van der Waals surface area contributed by atoms with E-state index in [2.05, 4.69) is 30.5 Å². The molecule has 0 radical (unpaired) electrons. The second kappa shape index (κ2) is 5.62. The van der Waals surface area contributed by atoms with Crippen molar-refractivity contribution < 1.29 is 4.79 Å². The summed E-state index contributed by atoms with van der Waals surface area (Å²) in [5.41, 5.74) is 4.04. The van der Waals surface area contributed by atoms with E-state index >= 15 is 0 Å². The fraction of sp³-hybridized carbons (Fsp3) is 0.211. The number of carbonyl (C=O) groups excluding carboxylic acids is 1. The number of rotatable bonds is 3. The first-order valence-corrected chi connectivity index (χ1v) is 7.77. The Morgan fingerprint density at radius 3 is 2.55 bits per heavy atom. The summed E-state index contributed by atoms with van der Waals surface area (Å²) in [5.74, 6) is 0.0807. The van der Waals surface area contributed by atoms with Gasteiger partial charge >= 0.3 is 0 Å². The van der Waals surface area contributed by atoms with E-state index in [0.29, 0.717) is 6.04 Å². The first kappa shape index (κ1) is 14.9. The van der Waals surface area contributed by atoms with Crippen molar-refractivity contribution in [3.05, 3.63) is 59.1 Å². The number of Topliss-reactive ketones (excluding diaryl/α,β-unsaturated/α-hetero) is 1. The molecule has 0 saturated carbocycles. The van der Waals surface area contributed by atoms with Crippen molar-refractivity contribution in [1.29, 1.82) is 0 Å². The maximum atomic E-state index is 11.6. The SMILES string of the molecule is CC(=O)c1cccc(-c2cc3cc(Cl)ccc3n2C(C)C)c1. The van der Waals surface area contributed by atoms with Crippen molar-refractivity contribution >= 4 is 28.3 Å². The molecule has 0 unspecified atom stereocenters. The van der Waals surface area contributed by atoms with E-state index in [1.54, 1.807) is 6.92 Å². The first-order chi connectivity index (χ1) is 10.5. The van der Waals surface area contributed by atoms with Crippen LogP contribution >= 0.6 is 11.6 Å². The maximum Gasteiger partial charge on any atom is 0.159 e. The van der Waals surface area contributed by atoms with Gasteiger partial charge in [0, 0.05) is 33.2 Å². The Bertz CT molecular complexity index is 861. The standard InChI is InChI=1S/C19H18ClNO/c1-12(2)21-18-8-7-17(20)10-16(18)11-19(21)15-6-4-5-14(9-15)13(3)22/h4-12H,1-3H3. The summed E-state index contributed by atoms with van der Waals surface area (Å²) < 4.78 is 2.28. The molecule has 1 aromatic heterocycles. The molecule has 3 aromatic rings. The summed E-state index contributed by atoms with van der Waals surface area (Å²) >= 11 is 6.12. The van der Waals surface area contributed by atoms with Gasteiger partial charge in [-0.2, -0.15) is 0 Å². The fourth-order valence-electron chi connectivity index (χ4n) is 2.88. The molecule has 0 spiro atoms. The average Bonchev–Trinajstić information content (AvgIpc) is 2.85. The van der Waals surface area contributed by atoms with Crippen LogP contribution in [0.25, 0.3) is 22.2 Å². The lowest BCUT2D eigenvalue weighted by atomic mass is 10.1. The molecule has 0 aliphatic heterocycles. The minimum atomic E-state index is 0.0807. The zero-order valence-electron chi connectivity index (χ0n) is 12.9. The molecule has 0 atom stereocenters. The Balaban J connectivity index is 2.28. The molecule has 0 fully saturated rings.